The summed E-state index contributed by atoms with van der Waals surface area (Å²) in [4.78, 5) is 15.3. The molecular weight excluding hydrogens is 408 g/mol. The molecule has 0 bridgehead atoms. The lowest BCUT2D eigenvalue weighted by molar-refractivity contribution is 0.253. The van der Waals surface area contributed by atoms with E-state index in [1.54, 1.807) is 41.3 Å². The van der Waals surface area contributed by atoms with Gasteiger partial charge >= 0.3 is 6.03 Å². The van der Waals surface area contributed by atoms with Crippen LogP contribution in [0.4, 0.5) is 16.2 Å². The number of hydrogen-bond acceptors (Lipinski definition) is 3. The van der Waals surface area contributed by atoms with E-state index in [0.717, 1.165) is 26.6 Å². The molecule has 2 amide bonds. The highest BCUT2D eigenvalue weighted by Crippen LogP contribution is 2.38. The number of urea groups is 1. The lowest BCUT2D eigenvalue weighted by Crippen LogP contribution is -2.50. The second-order valence-corrected chi connectivity index (χ2v) is 10.0. The maximum Gasteiger partial charge on any atom is 0.343 e. The van der Waals surface area contributed by atoms with Gasteiger partial charge in [-0.1, -0.05) is 61.9 Å². The summed E-state index contributed by atoms with van der Waals surface area (Å²) in [7, 11) is -4.02. The van der Waals surface area contributed by atoms with Gasteiger partial charge in [-0.05, 0) is 60.7 Å². The number of benzene rings is 3. The van der Waals surface area contributed by atoms with Crippen molar-refractivity contribution in [1.82, 2.24) is 0 Å². The number of carbonyl (C=O) groups excluding carboxylic acids is 1. The van der Waals surface area contributed by atoms with Gasteiger partial charge in [0.2, 0.25) is 0 Å². The molecule has 1 aliphatic heterocycles. The fraction of sp³-hybridized carbons (Fsp3) is 0.240. The predicted octanol–water partition coefficient (Wildman–Crippen LogP) is 5.76. The monoisotopic (exact) mass is 434 g/mol. The van der Waals surface area contributed by atoms with Crippen molar-refractivity contribution in [2.24, 2.45) is 0 Å². The fourth-order valence-electron chi connectivity index (χ4n) is 3.85. The summed E-state index contributed by atoms with van der Waals surface area (Å²) in [6, 6.07) is 19.3. The molecule has 1 aliphatic rings. The smallest absolute Gasteiger partial charge is 0.287 e. The third kappa shape index (κ3) is 3.72. The highest BCUT2D eigenvalue weighted by atomic mass is 32.2. The van der Waals surface area contributed by atoms with E-state index in [1.165, 1.54) is 0 Å². The maximum absolute atomic E-state index is 13.6. The molecule has 0 saturated carbocycles. The van der Waals surface area contributed by atoms with E-state index in [2.05, 4.69) is 13.8 Å². The maximum atomic E-state index is 13.6. The van der Waals surface area contributed by atoms with Gasteiger partial charge in [-0.25, -0.2) is 13.2 Å². The molecule has 4 rings (SSSR count). The van der Waals surface area contributed by atoms with Crippen molar-refractivity contribution in [3.8, 4) is 0 Å². The number of anilines is 2. The van der Waals surface area contributed by atoms with Gasteiger partial charge in [0.1, 0.15) is 4.90 Å². The Bertz CT molecular complexity index is 1250. The number of hydrogen-bond donors (Lipinski definition) is 0. The van der Waals surface area contributed by atoms with E-state index in [0.29, 0.717) is 23.8 Å². The van der Waals surface area contributed by atoms with Gasteiger partial charge in [-0.3, -0.25) is 4.90 Å². The summed E-state index contributed by atoms with van der Waals surface area (Å²) in [5.41, 5.74) is 4.96. The van der Waals surface area contributed by atoms with Gasteiger partial charge in [-0.15, -0.1) is 0 Å². The molecule has 0 N–H and O–H groups in total. The second-order valence-electron chi connectivity index (χ2n) is 8.28. The molecule has 0 unspecified atom stereocenters. The first-order valence-electron chi connectivity index (χ1n) is 10.3. The summed E-state index contributed by atoms with van der Waals surface area (Å²) in [6.45, 7) is 8.43. The Morgan fingerprint density at radius 3 is 2.26 bits per heavy atom. The van der Waals surface area contributed by atoms with Crippen LogP contribution in [-0.2, 0) is 16.6 Å². The van der Waals surface area contributed by atoms with Crippen LogP contribution in [0, 0.1) is 13.8 Å². The first kappa shape index (κ1) is 21.1. The first-order valence-corrected chi connectivity index (χ1v) is 11.8. The number of carbonyl (C=O) groups is 1. The molecule has 6 heteroatoms. The van der Waals surface area contributed by atoms with Crippen molar-refractivity contribution < 1.29 is 13.2 Å². The summed E-state index contributed by atoms with van der Waals surface area (Å²) < 4.78 is 27.8. The zero-order valence-electron chi connectivity index (χ0n) is 18.2. The van der Waals surface area contributed by atoms with E-state index in [1.807, 2.05) is 44.2 Å². The van der Waals surface area contributed by atoms with Gasteiger partial charge in [-0.2, -0.15) is 4.31 Å². The van der Waals surface area contributed by atoms with Gasteiger partial charge < -0.3 is 0 Å². The zero-order chi connectivity index (χ0) is 22.3. The Kier molecular flexibility index (Phi) is 5.35. The SMILES string of the molecule is Cc1ccc(C)c(CN2C(=O)N(c3ccc(C(C)C)cc3)S(=O)(=O)c3ccccc32)c1. The highest BCUT2D eigenvalue weighted by Gasteiger charge is 2.42. The van der Waals surface area contributed by atoms with Crippen LogP contribution in [-0.4, -0.2) is 14.4 Å². The highest BCUT2D eigenvalue weighted by molar-refractivity contribution is 7.94. The molecule has 0 spiro atoms. The van der Waals surface area contributed by atoms with Gasteiger partial charge in [0.15, 0.2) is 0 Å². The minimum Gasteiger partial charge on any atom is -0.287 e. The minimum atomic E-state index is -4.02. The van der Waals surface area contributed by atoms with Crippen molar-refractivity contribution in [3.05, 3.63) is 89.0 Å². The van der Waals surface area contributed by atoms with Gasteiger partial charge in [0.05, 0.1) is 17.9 Å². The zero-order valence-corrected chi connectivity index (χ0v) is 19.0. The Morgan fingerprint density at radius 1 is 0.903 bits per heavy atom. The average molecular weight is 435 g/mol. The predicted molar refractivity (Wildman–Crippen MR) is 124 cm³/mol. The van der Waals surface area contributed by atoms with E-state index in [-0.39, 0.29) is 4.90 Å². The molecule has 0 aromatic heterocycles. The van der Waals surface area contributed by atoms with Crippen molar-refractivity contribution in [2.45, 2.75) is 45.1 Å². The number of aryl methyl sites for hydroxylation is 2. The van der Waals surface area contributed by atoms with Crippen LogP contribution in [0.5, 0.6) is 0 Å². The number of fused-ring (bicyclic) bond motifs is 1. The quantitative estimate of drug-likeness (QED) is 0.524. The standard InChI is InChI=1S/C25H26N2O3S/c1-17(2)20-11-13-22(14-12-20)27-25(28)26(16-21-15-18(3)9-10-19(21)4)23-7-5-6-8-24(23)31(27,29)30/h5-15,17H,16H2,1-4H3. The normalized spacial score (nSPS) is 15.3. The summed E-state index contributed by atoms with van der Waals surface area (Å²) in [5, 5.41) is 0. The average Bonchev–Trinajstić information content (AvgIpc) is 2.74. The Labute approximate surface area is 184 Å². The molecule has 3 aromatic rings. The van der Waals surface area contributed by atoms with Crippen LogP contribution >= 0.6 is 0 Å². The molecular formula is C25H26N2O3S. The lowest BCUT2D eigenvalue weighted by Gasteiger charge is -2.36. The Hall–Kier alpha value is -3.12. The molecule has 0 aliphatic carbocycles. The van der Waals surface area contributed by atoms with Crippen molar-refractivity contribution in [2.75, 3.05) is 9.21 Å². The Balaban J connectivity index is 1.84. The number of sulfonamides is 1. The van der Waals surface area contributed by atoms with Gasteiger partial charge in [0, 0.05) is 0 Å². The number of amides is 2. The molecule has 31 heavy (non-hydrogen) atoms. The largest absolute Gasteiger partial charge is 0.343 e. The number of para-hydroxylation sites is 1. The summed E-state index contributed by atoms with van der Waals surface area (Å²) in [5.74, 6) is 0.309. The minimum absolute atomic E-state index is 0.132. The van der Waals surface area contributed by atoms with Crippen LogP contribution in [0.1, 0.15) is 42.0 Å². The van der Waals surface area contributed by atoms with Crippen LogP contribution in [0.2, 0.25) is 0 Å². The molecule has 160 valence electrons. The summed E-state index contributed by atoms with van der Waals surface area (Å²) >= 11 is 0. The topological polar surface area (TPSA) is 57.7 Å². The third-order valence-electron chi connectivity index (χ3n) is 5.71. The van der Waals surface area contributed by atoms with E-state index < -0.39 is 16.1 Å². The molecule has 0 radical (unpaired) electrons. The molecule has 5 nitrogen and oxygen atoms in total. The number of nitrogens with zero attached hydrogens (tertiary/aromatic N) is 2. The molecule has 3 aromatic carbocycles. The third-order valence-corrected chi connectivity index (χ3v) is 7.46. The van der Waals surface area contributed by atoms with E-state index >= 15 is 0 Å². The first-order chi connectivity index (χ1) is 14.7. The Morgan fingerprint density at radius 2 is 1.58 bits per heavy atom. The molecule has 0 atom stereocenters. The van der Waals surface area contributed by atoms with Crippen molar-refractivity contribution in [3.63, 3.8) is 0 Å². The van der Waals surface area contributed by atoms with Crippen LogP contribution in [0.25, 0.3) is 0 Å². The van der Waals surface area contributed by atoms with E-state index in [4.69, 9.17) is 0 Å². The number of rotatable bonds is 4. The second kappa shape index (κ2) is 7.85. The summed E-state index contributed by atoms with van der Waals surface area (Å²) in [6.07, 6.45) is 0. The molecule has 0 fully saturated rings. The molecule has 1 heterocycles. The van der Waals surface area contributed by atoms with Crippen LogP contribution < -0.4 is 9.21 Å². The van der Waals surface area contributed by atoms with Crippen molar-refractivity contribution >= 4 is 27.4 Å². The van der Waals surface area contributed by atoms with Crippen LogP contribution in [0.15, 0.2) is 71.6 Å². The van der Waals surface area contributed by atoms with Crippen molar-refractivity contribution in [1.29, 1.82) is 0 Å². The lowest BCUT2D eigenvalue weighted by atomic mass is 10.0. The molecule has 0 saturated heterocycles. The van der Waals surface area contributed by atoms with Gasteiger partial charge in [0.25, 0.3) is 10.0 Å². The van der Waals surface area contributed by atoms with Crippen LogP contribution in [0.3, 0.4) is 0 Å². The fourth-order valence-corrected chi connectivity index (χ4v) is 5.44. The van der Waals surface area contributed by atoms with E-state index in [9.17, 15) is 13.2 Å².